The Morgan fingerprint density at radius 2 is 1.68 bits per heavy atom. The third kappa shape index (κ3) is 4.70. The minimum absolute atomic E-state index is 0.117. The molecule has 134 valence electrons. The van der Waals surface area contributed by atoms with E-state index in [9.17, 15) is 12.8 Å². The van der Waals surface area contributed by atoms with E-state index in [4.69, 9.17) is 4.74 Å². The van der Waals surface area contributed by atoms with Crippen LogP contribution < -0.4 is 9.46 Å². The molecule has 0 radical (unpaired) electrons. The maximum absolute atomic E-state index is 13.6. The fourth-order valence-corrected chi connectivity index (χ4v) is 4.02. The molecule has 1 N–H and O–H groups in total. The Morgan fingerprint density at radius 3 is 2.36 bits per heavy atom. The average Bonchev–Trinajstić information content (AvgIpc) is 2.63. The van der Waals surface area contributed by atoms with Gasteiger partial charge in [-0.25, -0.2) is 4.39 Å². The monoisotopic (exact) mass is 364 g/mol. The van der Waals surface area contributed by atoms with Crippen molar-refractivity contribution in [3.05, 3.63) is 59.9 Å². The fraction of sp³-hybridized carbons (Fsp3) is 0.333. The van der Waals surface area contributed by atoms with Gasteiger partial charge in [-0.1, -0.05) is 24.6 Å². The third-order valence-electron chi connectivity index (χ3n) is 4.11. The number of hydrogen-bond donors (Lipinski definition) is 1. The van der Waals surface area contributed by atoms with Crippen LogP contribution in [-0.2, 0) is 16.8 Å². The zero-order chi connectivity index (χ0) is 17.7. The highest BCUT2D eigenvalue weighted by molar-refractivity contribution is 7.90. The van der Waals surface area contributed by atoms with E-state index in [-0.39, 0.29) is 12.4 Å². The minimum Gasteiger partial charge on any atom is -0.489 e. The van der Waals surface area contributed by atoms with Crippen LogP contribution in [0.4, 0.5) is 10.1 Å². The Morgan fingerprint density at radius 1 is 1.00 bits per heavy atom. The molecule has 2 aromatic carbocycles. The quantitative estimate of drug-likeness (QED) is 0.853. The summed E-state index contributed by atoms with van der Waals surface area (Å²) in [6.07, 6.45) is 2.85. The van der Waals surface area contributed by atoms with E-state index in [1.165, 1.54) is 10.4 Å². The SMILES string of the molecule is O=S(=O)(Nc1ccc(OCc2ccccc2F)cc1)N1CCCCC1. The van der Waals surface area contributed by atoms with Gasteiger partial charge in [-0.2, -0.15) is 12.7 Å². The van der Waals surface area contributed by atoms with E-state index in [0.717, 1.165) is 19.3 Å². The molecule has 3 rings (SSSR count). The number of benzene rings is 2. The van der Waals surface area contributed by atoms with Crippen LogP contribution in [0.5, 0.6) is 5.75 Å². The molecule has 1 heterocycles. The normalized spacial score (nSPS) is 15.7. The summed E-state index contributed by atoms with van der Waals surface area (Å²) in [6.45, 7) is 1.23. The molecule has 0 saturated carbocycles. The Bertz CT molecular complexity index is 803. The second kappa shape index (κ2) is 7.84. The van der Waals surface area contributed by atoms with Crippen molar-refractivity contribution >= 4 is 15.9 Å². The molecule has 1 aliphatic rings. The lowest BCUT2D eigenvalue weighted by atomic mass is 10.2. The number of nitrogens with zero attached hydrogens (tertiary/aromatic N) is 1. The van der Waals surface area contributed by atoms with Gasteiger partial charge >= 0.3 is 10.2 Å². The fourth-order valence-electron chi connectivity index (χ4n) is 2.71. The molecule has 1 saturated heterocycles. The van der Waals surface area contributed by atoms with Gasteiger partial charge in [0.05, 0.1) is 5.69 Å². The first-order valence-corrected chi connectivity index (χ1v) is 9.73. The minimum atomic E-state index is -3.52. The lowest BCUT2D eigenvalue weighted by molar-refractivity contribution is 0.300. The van der Waals surface area contributed by atoms with Gasteiger partial charge in [0, 0.05) is 18.7 Å². The van der Waals surface area contributed by atoms with Crippen molar-refractivity contribution < 1.29 is 17.5 Å². The van der Waals surface area contributed by atoms with Crippen molar-refractivity contribution in [2.24, 2.45) is 0 Å². The molecule has 0 aliphatic carbocycles. The Kier molecular flexibility index (Phi) is 5.55. The molecular weight excluding hydrogens is 343 g/mol. The highest BCUT2D eigenvalue weighted by Crippen LogP contribution is 2.20. The largest absolute Gasteiger partial charge is 0.489 e. The molecule has 0 amide bonds. The van der Waals surface area contributed by atoms with Crippen LogP contribution in [0, 0.1) is 5.82 Å². The zero-order valence-electron chi connectivity index (χ0n) is 13.8. The lowest BCUT2D eigenvalue weighted by Crippen LogP contribution is -2.39. The lowest BCUT2D eigenvalue weighted by Gasteiger charge is -2.26. The molecular formula is C18H21FN2O3S. The molecule has 5 nitrogen and oxygen atoms in total. The number of halogens is 1. The van der Waals surface area contributed by atoms with Crippen molar-refractivity contribution in [3.63, 3.8) is 0 Å². The van der Waals surface area contributed by atoms with Crippen molar-refractivity contribution in [3.8, 4) is 5.75 Å². The molecule has 25 heavy (non-hydrogen) atoms. The van der Waals surface area contributed by atoms with Crippen LogP contribution in [0.1, 0.15) is 24.8 Å². The molecule has 1 fully saturated rings. The van der Waals surface area contributed by atoms with Gasteiger partial charge in [0.15, 0.2) is 0 Å². The predicted octanol–water partition coefficient (Wildman–Crippen LogP) is 3.55. The van der Waals surface area contributed by atoms with E-state index >= 15 is 0 Å². The Hall–Kier alpha value is -2.12. The molecule has 2 aromatic rings. The maximum atomic E-state index is 13.6. The van der Waals surface area contributed by atoms with Crippen LogP contribution in [-0.4, -0.2) is 25.8 Å². The molecule has 0 unspecified atom stereocenters. The highest BCUT2D eigenvalue weighted by Gasteiger charge is 2.23. The first kappa shape index (κ1) is 17.7. The number of nitrogens with one attached hydrogen (secondary N) is 1. The second-order valence-corrected chi connectivity index (χ2v) is 7.64. The first-order chi connectivity index (χ1) is 12.0. The maximum Gasteiger partial charge on any atom is 0.301 e. The summed E-state index contributed by atoms with van der Waals surface area (Å²) in [6, 6.07) is 13.0. The third-order valence-corrected chi connectivity index (χ3v) is 5.65. The molecule has 1 aliphatic heterocycles. The van der Waals surface area contributed by atoms with E-state index in [1.807, 2.05) is 0 Å². The summed E-state index contributed by atoms with van der Waals surface area (Å²) in [4.78, 5) is 0. The predicted molar refractivity (Wildman–Crippen MR) is 95.1 cm³/mol. The summed E-state index contributed by atoms with van der Waals surface area (Å²) >= 11 is 0. The summed E-state index contributed by atoms with van der Waals surface area (Å²) in [5.41, 5.74) is 0.946. The summed E-state index contributed by atoms with van der Waals surface area (Å²) in [5, 5.41) is 0. The molecule has 0 bridgehead atoms. The molecule has 0 atom stereocenters. The summed E-state index contributed by atoms with van der Waals surface area (Å²) in [5.74, 6) is 0.234. The van der Waals surface area contributed by atoms with Crippen molar-refractivity contribution in [2.75, 3.05) is 17.8 Å². The smallest absolute Gasteiger partial charge is 0.301 e. The van der Waals surface area contributed by atoms with Crippen molar-refractivity contribution in [1.82, 2.24) is 4.31 Å². The van der Waals surface area contributed by atoms with Gasteiger partial charge in [0.1, 0.15) is 18.2 Å². The number of rotatable bonds is 6. The van der Waals surface area contributed by atoms with Gasteiger partial charge in [0.2, 0.25) is 0 Å². The highest BCUT2D eigenvalue weighted by atomic mass is 32.2. The Balaban J connectivity index is 1.59. The van der Waals surface area contributed by atoms with Crippen LogP contribution in [0.25, 0.3) is 0 Å². The van der Waals surface area contributed by atoms with Crippen LogP contribution >= 0.6 is 0 Å². The van der Waals surface area contributed by atoms with Gasteiger partial charge < -0.3 is 4.74 Å². The summed E-state index contributed by atoms with van der Waals surface area (Å²) < 4.78 is 47.8. The molecule has 0 aromatic heterocycles. The molecule has 0 spiro atoms. The molecule has 7 heteroatoms. The topological polar surface area (TPSA) is 58.6 Å². The van der Waals surface area contributed by atoms with E-state index in [1.54, 1.807) is 42.5 Å². The first-order valence-electron chi connectivity index (χ1n) is 8.29. The number of piperidine rings is 1. The number of anilines is 1. The van der Waals surface area contributed by atoms with Crippen LogP contribution in [0.2, 0.25) is 0 Å². The summed E-state index contributed by atoms with van der Waals surface area (Å²) in [7, 11) is -3.52. The van der Waals surface area contributed by atoms with Gasteiger partial charge in [-0.15, -0.1) is 0 Å². The van der Waals surface area contributed by atoms with Crippen molar-refractivity contribution in [2.45, 2.75) is 25.9 Å². The average molecular weight is 364 g/mol. The van der Waals surface area contributed by atoms with Crippen LogP contribution in [0.15, 0.2) is 48.5 Å². The standard InChI is InChI=1S/C18H21FN2O3S/c19-18-7-3-2-6-15(18)14-24-17-10-8-16(9-11-17)20-25(22,23)21-12-4-1-5-13-21/h2-3,6-11,20H,1,4-5,12-14H2. The number of hydrogen-bond acceptors (Lipinski definition) is 3. The van der Waals surface area contributed by atoms with Crippen LogP contribution in [0.3, 0.4) is 0 Å². The van der Waals surface area contributed by atoms with Crippen molar-refractivity contribution in [1.29, 1.82) is 0 Å². The van der Waals surface area contributed by atoms with E-state index < -0.39 is 10.2 Å². The number of ether oxygens (including phenoxy) is 1. The van der Waals surface area contributed by atoms with E-state index in [2.05, 4.69) is 4.72 Å². The Labute approximate surface area is 147 Å². The zero-order valence-corrected chi connectivity index (χ0v) is 14.6. The van der Waals surface area contributed by atoms with Gasteiger partial charge in [-0.05, 0) is 43.2 Å². The van der Waals surface area contributed by atoms with Gasteiger partial charge in [0.25, 0.3) is 0 Å². The van der Waals surface area contributed by atoms with E-state index in [0.29, 0.717) is 30.1 Å². The second-order valence-electron chi connectivity index (χ2n) is 5.97. The van der Waals surface area contributed by atoms with Gasteiger partial charge in [-0.3, -0.25) is 4.72 Å².